The molecule has 3 aromatic rings. The van der Waals surface area contributed by atoms with Gasteiger partial charge in [-0.25, -0.2) is 0 Å². The van der Waals surface area contributed by atoms with Gasteiger partial charge in [-0.15, -0.1) is 10.2 Å². The topological polar surface area (TPSA) is 88.9 Å². The van der Waals surface area contributed by atoms with Crippen molar-refractivity contribution < 1.29 is 9.53 Å². The number of H-pyrrole nitrogens is 1. The number of likely N-dealkylation sites (tertiary alicyclic amines) is 1. The maximum Gasteiger partial charge on any atom is 0.271 e. The molecule has 8 heteroatoms. The van der Waals surface area contributed by atoms with Gasteiger partial charge in [-0.3, -0.25) is 9.89 Å². The molecule has 2 aliphatic rings. The van der Waals surface area contributed by atoms with Gasteiger partial charge >= 0.3 is 0 Å². The van der Waals surface area contributed by atoms with Crippen LogP contribution in [0.15, 0.2) is 36.7 Å². The van der Waals surface area contributed by atoms with Gasteiger partial charge in [0.1, 0.15) is 23.6 Å². The number of ether oxygens (including phenoxy) is 1. The average Bonchev–Trinajstić information content (AvgIpc) is 3.56. The molecule has 1 aromatic carbocycles. The van der Waals surface area contributed by atoms with Crippen LogP contribution in [0.4, 0.5) is 0 Å². The van der Waals surface area contributed by atoms with E-state index in [9.17, 15) is 4.79 Å². The van der Waals surface area contributed by atoms with Crippen molar-refractivity contribution in [2.45, 2.75) is 31.6 Å². The number of rotatable bonds is 4. The normalized spacial score (nSPS) is 20.2. The number of nitrogens with one attached hydrogen (secondary N) is 1. The molecule has 2 fully saturated rings. The van der Waals surface area contributed by atoms with E-state index in [1.54, 1.807) is 13.4 Å². The monoisotopic (exact) mass is 406 g/mol. The van der Waals surface area contributed by atoms with Crippen LogP contribution in [-0.4, -0.2) is 56.0 Å². The second kappa shape index (κ2) is 7.27. The predicted molar refractivity (Wildman–Crippen MR) is 111 cm³/mol. The van der Waals surface area contributed by atoms with Gasteiger partial charge < -0.3 is 14.2 Å². The minimum absolute atomic E-state index is 0.00686. The first-order chi connectivity index (χ1) is 14.6. The van der Waals surface area contributed by atoms with Gasteiger partial charge in [0.25, 0.3) is 5.91 Å². The minimum Gasteiger partial charge on any atom is -0.497 e. The highest BCUT2D eigenvalue weighted by molar-refractivity contribution is 5.93. The Hall–Kier alpha value is -3.16. The minimum atomic E-state index is -0.00686. The van der Waals surface area contributed by atoms with E-state index in [0.717, 1.165) is 42.2 Å². The van der Waals surface area contributed by atoms with Gasteiger partial charge in [0.15, 0.2) is 0 Å². The highest BCUT2D eigenvalue weighted by atomic mass is 16.5. The zero-order valence-electron chi connectivity index (χ0n) is 17.3. The first-order valence-corrected chi connectivity index (χ1v) is 10.4. The molecular formula is C22H26N6O2. The van der Waals surface area contributed by atoms with Crippen molar-refractivity contribution in [2.24, 2.45) is 12.5 Å². The number of nitrogens with zero attached hydrogens (tertiary/aromatic N) is 5. The number of benzene rings is 1. The molecule has 5 rings (SSSR count). The van der Waals surface area contributed by atoms with Crippen LogP contribution in [0.1, 0.15) is 47.9 Å². The van der Waals surface area contributed by atoms with Crippen molar-refractivity contribution >= 4 is 5.91 Å². The fraction of sp³-hybridized carbons (Fsp3) is 0.455. The number of carbonyl (C=O) groups excluding carboxylic acids is 1. The Morgan fingerprint density at radius 2 is 2.10 bits per heavy atom. The molecule has 3 heterocycles. The molecule has 1 saturated carbocycles. The zero-order chi connectivity index (χ0) is 20.7. The molecule has 1 saturated heterocycles. The standard InChI is InChI=1S/C22H26N6O2/c1-27-14-23-26-20(27)17-12-28(13-22(17)8-3-4-9-22)21(29)19-11-18(24-25-19)15-6-5-7-16(10-15)30-2/h5-7,10-11,14,17H,3-4,8-9,12-13H2,1-2H3,(H,24,25). The highest BCUT2D eigenvalue weighted by Crippen LogP contribution is 2.53. The van der Waals surface area contributed by atoms with Gasteiger partial charge in [0.2, 0.25) is 0 Å². The number of amides is 1. The van der Waals surface area contributed by atoms with Crippen molar-refractivity contribution in [3.05, 3.63) is 48.2 Å². The Morgan fingerprint density at radius 3 is 2.83 bits per heavy atom. The molecule has 30 heavy (non-hydrogen) atoms. The summed E-state index contributed by atoms with van der Waals surface area (Å²) in [6.45, 7) is 1.43. The summed E-state index contributed by atoms with van der Waals surface area (Å²) < 4.78 is 7.29. The number of hydrogen-bond donors (Lipinski definition) is 1. The molecule has 156 valence electrons. The lowest BCUT2D eigenvalue weighted by Crippen LogP contribution is -2.31. The van der Waals surface area contributed by atoms with Crippen LogP contribution in [-0.2, 0) is 7.05 Å². The highest BCUT2D eigenvalue weighted by Gasteiger charge is 2.51. The zero-order valence-corrected chi connectivity index (χ0v) is 17.3. The van der Waals surface area contributed by atoms with Gasteiger partial charge in [-0.2, -0.15) is 5.10 Å². The number of aromatic nitrogens is 5. The average molecular weight is 406 g/mol. The first kappa shape index (κ1) is 18.8. The lowest BCUT2D eigenvalue weighted by atomic mass is 9.76. The number of aromatic amines is 1. The SMILES string of the molecule is COc1cccc(-c2cc(C(=O)N3CC(c4nncn4C)C4(CCCC4)C3)[nH]n2)c1. The predicted octanol–water partition coefficient (Wildman–Crippen LogP) is 3.01. The van der Waals surface area contributed by atoms with Crippen molar-refractivity contribution in [1.82, 2.24) is 29.9 Å². The van der Waals surface area contributed by atoms with Crippen molar-refractivity contribution in [3.63, 3.8) is 0 Å². The van der Waals surface area contributed by atoms with Gasteiger partial charge in [0, 0.05) is 31.6 Å². The maximum absolute atomic E-state index is 13.3. The molecular weight excluding hydrogens is 380 g/mol. The summed E-state index contributed by atoms with van der Waals surface area (Å²) in [6, 6.07) is 9.51. The Kier molecular flexibility index (Phi) is 4.56. The first-order valence-electron chi connectivity index (χ1n) is 10.4. The van der Waals surface area contributed by atoms with Gasteiger partial charge in [0.05, 0.1) is 12.8 Å². The third kappa shape index (κ3) is 3.07. The summed E-state index contributed by atoms with van der Waals surface area (Å²) in [6.07, 6.45) is 6.43. The molecule has 1 spiro atoms. The lowest BCUT2D eigenvalue weighted by Gasteiger charge is -2.28. The number of hydrogen-bond acceptors (Lipinski definition) is 5. The summed E-state index contributed by atoms with van der Waals surface area (Å²) in [5.74, 6) is 1.95. The van der Waals surface area contributed by atoms with Gasteiger partial charge in [-0.05, 0) is 36.5 Å². The smallest absolute Gasteiger partial charge is 0.271 e. The summed E-state index contributed by atoms with van der Waals surface area (Å²) >= 11 is 0. The van der Waals surface area contributed by atoms with E-state index in [2.05, 4.69) is 20.4 Å². The molecule has 1 aliphatic heterocycles. The number of carbonyl (C=O) groups is 1. The molecule has 0 bridgehead atoms. The Labute approximate surface area is 175 Å². The fourth-order valence-electron chi connectivity index (χ4n) is 5.20. The quantitative estimate of drug-likeness (QED) is 0.719. The van der Waals surface area contributed by atoms with Crippen molar-refractivity contribution in [3.8, 4) is 17.0 Å². The van der Waals surface area contributed by atoms with Crippen LogP contribution >= 0.6 is 0 Å². The molecule has 1 N–H and O–H groups in total. The maximum atomic E-state index is 13.3. The third-order valence-corrected chi connectivity index (χ3v) is 6.77. The van der Waals surface area contributed by atoms with E-state index in [1.807, 2.05) is 46.8 Å². The second-order valence-electron chi connectivity index (χ2n) is 8.51. The summed E-state index contributed by atoms with van der Waals surface area (Å²) in [5, 5.41) is 15.8. The third-order valence-electron chi connectivity index (χ3n) is 6.77. The molecule has 0 radical (unpaired) electrons. The largest absolute Gasteiger partial charge is 0.497 e. The van der Waals surface area contributed by atoms with Crippen molar-refractivity contribution in [2.75, 3.05) is 20.2 Å². The van der Waals surface area contributed by atoms with E-state index in [4.69, 9.17) is 4.74 Å². The Morgan fingerprint density at radius 1 is 1.27 bits per heavy atom. The molecule has 1 atom stereocenters. The number of aryl methyl sites for hydroxylation is 1. The molecule has 1 unspecified atom stereocenters. The van der Waals surface area contributed by atoms with Crippen LogP contribution < -0.4 is 4.74 Å². The van der Waals surface area contributed by atoms with E-state index >= 15 is 0 Å². The second-order valence-corrected chi connectivity index (χ2v) is 8.51. The lowest BCUT2D eigenvalue weighted by molar-refractivity contribution is 0.0767. The fourth-order valence-corrected chi connectivity index (χ4v) is 5.20. The van der Waals surface area contributed by atoms with E-state index in [0.29, 0.717) is 12.2 Å². The summed E-state index contributed by atoms with van der Waals surface area (Å²) in [7, 11) is 3.62. The van der Waals surface area contributed by atoms with E-state index < -0.39 is 0 Å². The molecule has 8 nitrogen and oxygen atoms in total. The van der Waals surface area contributed by atoms with Crippen LogP contribution in [0.2, 0.25) is 0 Å². The van der Waals surface area contributed by atoms with Crippen LogP contribution in [0.5, 0.6) is 5.75 Å². The van der Waals surface area contributed by atoms with Crippen molar-refractivity contribution in [1.29, 1.82) is 0 Å². The summed E-state index contributed by atoms with van der Waals surface area (Å²) in [5.41, 5.74) is 2.26. The van der Waals surface area contributed by atoms with Crippen LogP contribution in [0.25, 0.3) is 11.3 Å². The van der Waals surface area contributed by atoms with Gasteiger partial charge in [-0.1, -0.05) is 25.0 Å². The Balaban J connectivity index is 1.40. The summed E-state index contributed by atoms with van der Waals surface area (Å²) in [4.78, 5) is 15.3. The van der Waals surface area contributed by atoms with E-state index in [-0.39, 0.29) is 17.2 Å². The van der Waals surface area contributed by atoms with E-state index in [1.165, 1.54) is 12.8 Å². The number of methoxy groups -OCH3 is 1. The van der Waals surface area contributed by atoms with Crippen LogP contribution in [0, 0.1) is 5.41 Å². The molecule has 2 aromatic heterocycles. The Bertz CT molecular complexity index is 1070. The van der Waals surface area contributed by atoms with Crippen LogP contribution in [0.3, 0.4) is 0 Å². The molecule has 1 amide bonds. The molecule has 1 aliphatic carbocycles.